The van der Waals surface area contributed by atoms with Gasteiger partial charge in [0.15, 0.2) is 11.5 Å². The number of hydrogen-bond donors (Lipinski definition) is 1. The van der Waals surface area contributed by atoms with Gasteiger partial charge in [0.1, 0.15) is 6.61 Å². The molecule has 3 aromatic rings. The number of nitrogens with one attached hydrogen (secondary N) is 1. The molecule has 0 saturated carbocycles. The molecular weight excluding hydrogens is 458 g/mol. The van der Waals surface area contributed by atoms with Crippen LogP contribution in [0.5, 0.6) is 11.5 Å². The average Bonchev–Trinajstić information content (AvgIpc) is 2.74. The number of rotatable bonds is 7. The molecule has 0 fully saturated rings. The van der Waals surface area contributed by atoms with E-state index in [1.54, 1.807) is 31.5 Å². The molecule has 0 aliphatic heterocycles. The highest BCUT2D eigenvalue weighted by atomic mass is 79.9. The Balaban J connectivity index is 1.70. The number of aromatic nitrogens is 1. The fourth-order valence-electron chi connectivity index (χ4n) is 2.45. The summed E-state index contributed by atoms with van der Waals surface area (Å²) in [4.78, 5) is 15.9. The SMILES string of the molecule is COc1cc(C=NNC(=O)c2cccnc2)cc(Br)c1OCc1ccccc1Cl. The Morgan fingerprint density at radius 3 is 2.83 bits per heavy atom. The molecule has 1 aromatic heterocycles. The highest BCUT2D eigenvalue weighted by Gasteiger charge is 2.12. The van der Waals surface area contributed by atoms with Gasteiger partial charge in [0.2, 0.25) is 0 Å². The fraction of sp³-hybridized carbons (Fsp3) is 0.0952. The van der Waals surface area contributed by atoms with Gasteiger partial charge >= 0.3 is 0 Å². The number of halogens is 2. The predicted octanol–water partition coefficient (Wildman–Crippen LogP) is 4.85. The summed E-state index contributed by atoms with van der Waals surface area (Å²) in [5.74, 6) is 0.718. The summed E-state index contributed by atoms with van der Waals surface area (Å²) in [6.45, 7) is 0.295. The average molecular weight is 475 g/mol. The third-order valence-corrected chi connectivity index (χ3v) is 4.84. The first-order chi connectivity index (χ1) is 14.1. The van der Waals surface area contributed by atoms with Crippen LogP contribution in [0.2, 0.25) is 5.02 Å². The molecule has 0 spiro atoms. The van der Waals surface area contributed by atoms with Crippen LogP contribution in [0.15, 0.2) is 70.5 Å². The topological polar surface area (TPSA) is 72.8 Å². The number of hydrazone groups is 1. The number of carbonyl (C=O) groups is 1. The van der Waals surface area contributed by atoms with Crippen LogP contribution >= 0.6 is 27.5 Å². The second-order valence-corrected chi connectivity index (χ2v) is 7.12. The summed E-state index contributed by atoms with van der Waals surface area (Å²) < 4.78 is 12.0. The lowest BCUT2D eigenvalue weighted by molar-refractivity contribution is 0.0955. The number of carbonyl (C=O) groups excluding carboxylic acids is 1. The summed E-state index contributed by atoms with van der Waals surface area (Å²) in [6.07, 6.45) is 4.58. The van der Waals surface area contributed by atoms with Gasteiger partial charge in [-0.15, -0.1) is 0 Å². The van der Waals surface area contributed by atoms with E-state index < -0.39 is 0 Å². The first-order valence-corrected chi connectivity index (χ1v) is 9.72. The van der Waals surface area contributed by atoms with Crippen LogP contribution in [-0.2, 0) is 6.61 Å². The Labute approximate surface area is 181 Å². The van der Waals surface area contributed by atoms with E-state index in [4.69, 9.17) is 21.1 Å². The Kier molecular flexibility index (Phi) is 7.21. The van der Waals surface area contributed by atoms with Crippen LogP contribution in [0.3, 0.4) is 0 Å². The van der Waals surface area contributed by atoms with Gasteiger partial charge in [0, 0.05) is 23.0 Å². The first kappa shape index (κ1) is 20.8. The summed E-state index contributed by atoms with van der Waals surface area (Å²) in [6, 6.07) is 14.4. The number of hydrogen-bond acceptors (Lipinski definition) is 5. The number of benzene rings is 2. The maximum absolute atomic E-state index is 12.0. The molecule has 0 bridgehead atoms. The van der Waals surface area contributed by atoms with Crippen molar-refractivity contribution in [3.05, 3.63) is 87.1 Å². The van der Waals surface area contributed by atoms with Gasteiger partial charge in [-0.3, -0.25) is 9.78 Å². The van der Waals surface area contributed by atoms with Gasteiger partial charge in [0.25, 0.3) is 5.91 Å². The minimum Gasteiger partial charge on any atom is -0.493 e. The number of amides is 1. The predicted molar refractivity (Wildman–Crippen MR) is 116 cm³/mol. The summed E-state index contributed by atoms with van der Waals surface area (Å²) in [7, 11) is 1.55. The molecule has 0 unspecified atom stereocenters. The summed E-state index contributed by atoms with van der Waals surface area (Å²) in [5, 5.41) is 4.62. The standard InChI is InChI=1S/C21H17BrClN3O3/c1-28-19-10-14(11-25-26-21(27)15-6-4-8-24-12-15)9-17(22)20(19)29-13-16-5-2-3-7-18(16)23/h2-12H,13H2,1H3,(H,26,27). The molecule has 29 heavy (non-hydrogen) atoms. The van der Waals surface area contributed by atoms with Crippen LogP contribution in [0.25, 0.3) is 0 Å². The van der Waals surface area contributed by atoms with Crippen LogP contribution in [0.1, 0.15) is 21.5 Å². The second kappa shape index (κ2) is 10.0. The molecule has 1 amide bonds. The lowest BCUT2D eigenvalue weighted by Gasteiger charge is -2.14. The quantitative estimate of drug-likeness (QED) is 0.392. The van der Waals surface area contributed by atoms with E-state index in [1.165, 1.54) is 12.4 Å². The van der Waals surface area contributed by atoms with Crippen molar-refractivity contribution in [3.8, 4) is 11.5 Å². The normalized spacial score (nSPS) is 10.7. The van der Waals surface area contributed by atoms with Gasteiger partial charge < -0.3 is 9.47 Å². The maximum atomic E-state index is 12.0. The molecule has 6 nitrogen and oxygen atoms in total. The minimum atomic E-state index is -0.347. The zero-order valence-electron chi connectivity index (χ0n) is 15.4. The largest absolute Gasteiger partial charge is 0.493 e. The van der Waals surface area contributed by atoms with Crippen molar-refractivity contribution in [2.24, 2.45) is 5.10 Å². The van der Waals surface area contributed by atoms with Crippen LogP contribution in [-0.4, -0.2) is 24.2 Å². The smallest absolute Gasteiger partial charge is 0.272 e. The molecule has 0 aliphatic carbocycles. The van der Waals surface area contributed by atoms with Crippen molar-refractivity contribution in [1.82, 2.24) is 10.4 Å². The van der Waals surface area contributed by atoms with Gasteiger partial charge in [-0.1, -0.05) is 29.8 Å². The van der Waals surface area contributed by atoms with Gasteiger partial charge in [-0.05, 0) is 51.8 Å². The molecule has 2 aromatic carbocycles. The van der Waals surface area contributed by atoms with Gasteiger partial charge in [-0.25, -0.2) is 5.43 Å². The zero-order chi connectivity index (χ0) is 20.6. The van der Waals surface area contributed by atoms with E-state index in [0.717, 1.165) is 5.56 Å². The van der Waals surface area contributed by atoms with Gasteiger partial charge in [-0.2, -0.15) is 5.10 Å². The molecule has 0 atom stereocenters. The van der Waals surface area contributed by atoms with Crippen LogP contribution in [0.4, 0.5) is 0 Å². The van der Waals surface area contributed by atoms with Crippen LogP contribution in [0, 0.1) is 0 Å². The van der Waals surface area contributed by atoms with Crippen molar-refractivity contribution in [3.63, 3.8) is 0 Å². The molecule has 1 heterocycles. The number of methoxy groups -OCH3 is 1. The van der Waals surface area contributed by atoms with Gasteiger partial charge in [0.05, 0.1) is 23.4 Å². The van der Waals surface area contributed by atoms with E-state index in [2.05, 4.69) is 31.4 Å². The van der Waals surface area contributed by atoms with Crippen LogP contribution < -0.4 is 14.9 Å². The summed E-state index contributed by atoms with van der Waals surface area (Å²) in [5.41, 5.74) is 4.46. The fourth-order valence-corrected chi connectivity index (χ4v) is 3.21. The molecule has 0 aliphatic rings. The van der Waals surface area contributed by atoms with Crippen molar-refractivity contribution < 1.29 is 14.3 Å². The van der Waals surface area contributed by atoms with Crippen molar-refractivity contribution in [2.45, 2.75) is 6.61 Å². The Morgan fingerprint density at radius 1 is 1.28 bits per heavy atom. The highest BCUT2D eigenvalue weighted by Crippen LogP contribution is 2.37. The minimum absolute atomic E-state index is 0.295. The van der Waals surface area contributed by atoms with E-state index >= 15 is 0 Å². The molecule has 8 heteroatoms. The molecule has 0 radical (unpaired) electrons. The van der Waals surface area contributed by atoms with E-state index in [1.807, 2.05) is 30.3 Å². The third-order valence-electron chi connectivity index (χ3n) is 3.89. The lowest BCUT2D eigenvalue weighted by Crippen LogP contribution is -2.17. The first-order valence-electron chi connectivity index (χ1n) is 8.55. The Hall–Kier alpha value is -2.90. The molecule has 0 saturated heterocycles. The van der Waals surface area contributed by atoms with E-state index in [9.17, 15) is 4.79 Å². The molecule has 1 N–H and O–H groups in total. The van der Waals surface area contributed by atoms with Crippen molar-refractivity contribution >= 4 is 39.7 Å². The second-order valence-electron chi connectivity index (χ2n) is 5.86. The Morgan fingerprint density at radius 2 is 2.10 bits per heavy atom. The maximum Gasteiger partial charge on any atom is 0.272 e. The number of pyridine rings is 1. The number of nitrogens with zero attached hydrogens (tertiary/aromatic N) is 2. The monoisotopic (exact) mass is 473 g/mol. The van der Waals surface area contributed by atoms with Crippen molar-refractivity contribution in [1.29, 1.82) is 0 Å². The highest BCUT2D eigenvalue weighted by molar-refractivity contribution is 9.10. The lowest BCUT2D eigenvalue weighted by atomic mass is 10.2. The molecule has 3 rings (SSSR count). The zero-order valence-corrected chi connectivity index (χ0v) is 17.8. The number of ether oxygens (including phenoxy) is 2. The third kappa shape index (κ3) is 5.56. The molecule has 148 valence electrons. The Bertz CT molecular complexity index is 1030. The van der Waals surface area contributed by atoms with E-state index in [0.29, 0.717) is 38.7 Å². The summed E-state index contributed by atoms with van der Waals surface area (Å²) >= 11 is 9.67. The van der Waals surface area contributed by atoms with Crippen molar-refractivity contribution in [2.75, 3.05) is 7.11 Å². The molecular formula is C21H17BrClN3O3. The van der Waals surface area contributed by atoms with E-state index in [-0.39, 0.29) is 5.91 Å².